The summed E-state index contributed by atoms with van der Waals surface area (Å²) in [6.45, 7) is 3.69. The lowest BCUT2D eigenvalue weighted by Crippen LogP contribution is -2.51. The Morgan fingerprint density at radius 1 is 1.35 bits per heavy atom. The standard InChI is InChI=1S/C14H26N4O2/c1-17(12-5-2-6-16-8-12)10-13(19)18-7-3-4-11(9-18)14(15)20/h11-12,16H,2-10H2,1H3,(H2,15,20). The van der Waals surface area contributed by atoms with Crippen molar-refractivity contribution in [1.82, 2.24) is 15.1 Å². The van der Waals surface area contributed by atoms with Crippen LogP contribution in [0.1, 0.15) is 25.7 Å². The van der Waals surface area contributed by atoms with Gasteiger partial charge >= 0.3 is 0 Å². The molecule has 2 atom stereocenters. The number of nitrogens with one attached hydrogen (secondary N) is 1. The second-order valence-corrected chi connectivity index (χ2v) is 6.00. The van der Waals surface area contributed by atoms with E-state index in [4.69, 9.17) is 5.73 Å². The number of hydrogen-bond donors (Lipinski definition) is 2. The highest BCUT2D eigenvalue weighted by molar-refractivity contribution is 5.81. The lowest BCUT2D eigenvalue weighted by Gasteiger charge is -2.35. The number of amides is 2. The van der Waals surface area contributed by atoms with Crippen molar-refractivity contribution >= 4 is 11.8 Å². The van der Waals surface area contributed by atoms with E-state index in [9.17, 15) is 9.59 Å². The van der Waals surface area contributed by atoms with E-state index in [1.54, 1.807) is 4.90 Å². The highest BCUT2D eigenvalue weighted by Gasteiger charge is 2.28. The van der Waals surface area contributed by atoms with Gasteiger partial charge in [-0.1, -0.05) is 0 Å². The minimum Gasteiger partial charge on any atom is -0.369 e. The van der Waals surface area contributed by atoms with Crippen molar-refractivity contribution < 1.29 is 9.59 Å². The monoisotopic (exact) mass is 282 g/mol. The van der Waals surface area contributed by atoms with Gasteiger partial charge in [-0.3, -0.25) is 14.5 Å². The molecular formula is C14H26N4O2. The number of carbonyl (C=O) groups excluding carboxylic acids is 2. The minimum absolute atomic E-state index is 0.115. The van der Waals surface area contributed by atoms with Crippen molar-refractivity contribution in [2.75, 3.05) is 39.8 Å². The predicted molar refractivity (Wildman–Crippen MR) is 77.0 cm³/mol. The Balaban J connectivity index is 1.82. The molecule has 2 rings (SSSR count). The smallest absolute Gasteiger partial charge is 0.236 e. The number of nitrogens with two attached hydrogens (primary N) is 1. The second kappa shape index (κ2) is 7.04. The van der Waals surface area contributed by atoms with Crippen molar-refractivity contribution in [3.05, 3.63) is 0 Å². The molecule has 0 spiro atoms. The van der Waals surface area contributed by atoms with Crippen LogP contribution >= 0.6 is 0 Å². The van der Waals surface area contributed by atoms with Crippen molar-refractivity contribution in [3.8, 4) is 0 Å². The fraction of sp³-hybridized carbons (Fsp3) is 0.857. The number of carbonyl (C=O) groups is 2. The summed E-state index contributed by atoms with van der Waals surface area (Å²) in [4.78, 5) is 27.5. The average molecular weight is 282 g/mol. The molecule has 0 radical (unpaired) electrons. The van der Waals surface area contributed by atoms with Gasteiger partial charge in [0.05, 0.1) is 12.5 Å². The van der Waals surface area contributed by atoms with Crippen LogP contribution in [0.2, 0.25) is 0 Å². The third kappa shape index (κ3) is 3.93. The second-order valence-electron chi connectivity index (χ2n) is 6.00. The lowest BCUT2D eigenvalue weighted by molar-refractivity contribution is -0.136. The number of primary amides is 1. The Morgan fingerprint density at radius 3 is 2.80 bits per heavy atom. The highest BCUT2D eigenvalue weighted by atomic mass is 16.2. The summed E-state index contributed by atoms with van der Waals surface area (Å²) in [5, 5.41) is 3.36. The topological polar surface area (TPSA) is 78.7 Å². The van der Waals surface area contributed by atoms with Gasteiger partial charge in [-0.2, -0.15) is 0 Å². The normalized spacial score (nSPS) is 27.6. The number of piperidine rings is 2. The quantitative estimate of drug-likeness (QED) is 0.721. The molecule has 0 saturated carbocycles. The summed E-state index contributed by atoms with van der Waals surface area (Å²) in [5.41, 5.74) is 5.35. The Kier molecular flexibility index (Phi) is 5.37. The summed E-state index contributed by atoms with van der Waals surface area (Å²) in [5.74, 6) is -0.342. The van der Waals surface area contributed by atoms with Crippen LogP contribution in [0.3, 0.4) is 0 Å². The maximum absolute atomic E-state index is 12.3. The van der Waals surface area contributed by atoms with Crippen molar-refractivity contribution in [2.45, 2.75) is 31.7 Å². The molecule has 0 aromatic carbocycles. The molecule has 6 nitrogen and oxygen atoms in total. The first kappa shape index (κ1) is 15.3. The molecule has 114 valence electrons. The van der Waals surface area contributed by atoms with E-state index in [0.29, 0.717) is 19.1 Å². The molecule has 0 aromatic rings. The molecule has 2 aliphatic heterocycles. The summed E-state index contributed by atoms with van der Waals surface area (Å²) >= 11 is 0. The predicted octanol–water partition coefficient (Wildman–Crippen LogP) is -0.606. The SMILES string of the molecule is CN(CC(=O)N1CCCC(C(N)=O)C1)C1CCCNC1. The Morgan fingerprint density at radius 2 is 2.15 bits per heavy atom. The van der Waals surface area contributed by atoms with Crippen LogP contribution in [0, 0.1) is 5.92 Å². The van der Waals surface area contributed by atoms with Crippen LogP contribution in [-0.2, 0) is 9.59 Å². The van der Waals surface area contributed by atoms with Crippen LogP contribution < -0.4 is 11.1 Å². The number of likely N-dealkylation sites (tertiary alicyclic amines) is 1. The van der Waals surface area contributed by atoms with E-state index in [2.05, 4.69) is 10.2 Å². The first-order valence-corrected chi connectivity index (χ1v) is 7.56. The number of hydrogen-bond acceptors (Lipinski definition) is 4. The third-order valence-corrected chi connectivity index (χ3v) is 4.46. The van der Waals surface area contributed by atoms with E-state index >= 15 is 0 Å². The molecule has 2 unspecified atom stereocenters. The van der Waals surface area contributed by atoms with Gasteiger partial charge < -0.3 is 16.0 Å². The maximum Gasteiger partial charge on any atom is 0.236 e. The van der Waals surface area contributed by atoms with Crippen LogP contribution in [0.15, 0.2) is 0 Å². The fourth-order valence-corrected chi connectivity index (χ4v) is 3.09. The Labute approximate surface area is 120 Å². The van der Waals surface area contributed by atoms with E-state index in [1.807, 2.05) is 7.05 Å². The largest absolute Gasteiger partial charge is 0.369 e. The van der Waals surface area contributed by atoms with E-state index < -0.39 is 0 Å². The molecular weight excluding hydrogens is 256 g/mol. The molecule has 2 saturated heterocycles. The van der Waals surface area contributed by atoms with E-state index in [-0.39, 0.29) is 17.7 Å². The zero-order valence-electron chi connectivity index (χ0n) is 12.3. The summed E-state index contributed by atoms with van der Waals surface area (Å²) in [6.07, 6.45) is 3.98. The highest BCUT2D eigenvalue weighted by Crippen LogP contribution is 2.17. The minimum atomic E-state index is -0.285. The van der Waals surface area contributed by atoms with Gasteiger partial charge in [-0.05, 0) is 39.3 Å². The van der Waals surface area contributed by atoms with Gasteiger partial charge in [0.1, 0.15) is 0 Å². The molecule has 0 aromatic heterocycles. The summed E-state index contributed by atoms with van der Waals surface area (Å²) in [6, 6.07) is 0.435. The van der Waals surface area contributed by atoms with E-state index in [0.717, 1.165) is 45.3 Å². The van der Waals surface area contributed by atoms with Crippen molar-refractivity contribution in [2.24, 2.45) is 11.7 Å². The number of nitrogens with zero attached hydrogens (tertiary/aromatic N) is 2. The number of rotatable bonds is 4. The third-order valence-electron chi connectivity index (χ3n) is 4.46. The zero-order valence-corrected chi connectivity index (χ0v) is 12.3. The molecule has 2 fully saturated rings. The van der Waals surface area contributed by atoms with Gasteiger partial charge in [-0.15, -0.1) is 0 Å². The van der Waals surface area contributed by atoms with Gasteiger partial charge in [-0.25, -0.2) is 0 Å². The van der Waals surface area contributed by atoms with E-state index in [1.165, 1.54) is 0 Å². The number of likely N-dealkylation sites (N-methyl/N-ethyl adjacent to an activating group) is 1. The molecule has 2 amide bonds. The lowest BCUT2D eigenvalue weighted by atomic mass is 9.97. The fourth-order valence-electron chi connectivity index (χ4n) is 3.09. The van der Waals surface area contributed by atoms with Crippen LogP contribution in [0.5, 0.6) is 0 Å². The first-order valence-electron chi connectivity index (χ1n) is 7.56. The van der Waals surface area contributed by atoms with Gasteiger partial charge in [0.2, 0.25) is 11.8 Å². The van der Waals surface area contributed by atoms with Crippen molar-refractivity contribution in [3.63, 3.8) is 0 Å². The molecule has 0 aliphatic carbocycles. The molecule has 0 bridgehead atoms. The van der Waals surface area contributed by atoms with Gasteiger partial charge in [0.15, 0.2) is 0 Å². The molecule has 6 heteroatoms. The molecule has 20 heavy (non-hydrogen) atoms. The summed E-state index contributed by atoms with van der Waals surface area (Å²) in [7, 11) is 2.01. The molecule has 2 heterocycles. The van der Waals surface area contributed by atoms with Gasteiger partial charge in [0, 0.05) is 25.7 Å². The first-order chi connectivity index (χ1) is 9.58. The molecule has 2 aliphatic rings. The van der Waals surface area contributed by atoms with Crippen LogP contribution in [0.25, 0.3) is 0 Å². The van der Waals surface area contributed by atoms with Gasteiger partial charge in [0.25, 0.3) is 0 Å². The Bertz CT molecular complexity index is 355. The molecule has 3 N–H and O–H groups in total. The maximum atomic E-state index is 12.3. The van der Waals surface area contributed by atoms with Crippen LogP contribution in [0.4, 0.5) is 0 Å². The van der Waals surface area contributed by atoms with Crippen LogP contribution in [-0.4, -0.2) is 67.4 Å². The summed E-state index contributed by atoms with van der Waals surface area (Å²) < 4.78 is 0. The average Bonchev–Trinajstić information content (AvgIpc) is 2.48. The Hall–Kier alpha value is -1.14. The van der Waals surface area contributed by atoms with Crippen molar-refractivity contribution in [1.29, 1.82) is 0 Å². The zero-order chi connectivity index (χ0) is 14.5.